The minimum absolute atomic E-state index is 0.153. The van der Waals surface area contributed by atoms with E-state index in [1.165, 1.54) is 12.1 Å². The lowest BCUT2D eigenvalue weighted by Crippen LogP contribution is -2.16. The van der Waals surface area contributed by atoms with Gasteiger partial charge >= 0.3 is 5.76 Å². The largest absolute Gasteiger partial charge is 0.382 e. The highest BCUT2D eigenvalue weighted by Gasteiger charge is 2.28. The second kappa shape index (κ2) is 7.96. The number of nitrogens with one attached hydrogen (secondary N) is 1. The van der Waals surface area contributed by atoms with E-state index in [0.29, 0.717) is 19.8 Å². The molecule has 0 fully saturated rings. The summed E-state index contributed by atoms with van der Waals surface area (Å²) in [6.07, 6.45) is 2.44. The molecule has 1 aromatic carbocycles. The predicted molar refractivity (Wildman–Crippen MR) is 73.8 cm³/mol. The van der Waals surface area contributed by atoms with Crippen molar-refractivity contribution >= 4 is 15.5 Å². The molecule has 0 atom stereocenters. The van der Waals surface area contributed by atoms with Gasteiger partial charge in [-0.2, -0.15) is 8.78 Å². The number of rotatable bonds is 9. The molecule has 0 saturated heterocycles. The van der Waals surface area contributed by atoms with E-state index in [1.807, 2.05) is 0 Å². The van der Waals surface area contributed by atoms with E-state index in [2.05, 4.69) is 11.9 Å². The van der Waals surface area contributed by atoms with Crippen LogP contribution in [0.5, 0.6) is 0 Å². The van der Waals surface area contributed by atoms with Gasteiger partial charge in [-0.3, -0.25) is 0 Å². The minimum Gasteiger partial charge on any atom is -0.382 e. The monoisotopic (exact) mass is 305 g/mol. The predicted octanol–water partition coefficient (Wildman–Crippen LogP) is 2.69. The Bertz CT molecular complexity index is 532. The van der Waals surface area contributed by atoms with Crippen LogP contribution in [-0.4, -0.2) is 33.9 Å². The molecule has 0 saturated carbocycles. The van der Waals surface area contributed by atoms with Gasteiger partial charge in [0.25, 0.3) is 0 Å². The first-order valence-electron chi connectivity index (χ1n) is 6.03. The van der Waals surface area contributed by atoms with Gasteiger partial charge in [0.05, 0.1) is 23.8 Å². The topological polar surface area (TPSA) is 55.4 Å². The molecule has 1 N–H and O–H groups in total. The Kier molecular flexibility index (Phi) is 6.60. The number of anilines is 1. The summed E-state index contributed by atoms with van der Waals surface area (Å²) in [5.41, 5.74) is 0.153. The molecule has 0 spiro atoms. The van der Waals surface area contributed by atoms with Crippen LogP contribution in [0.4, 0.5) is 14.5 Å². The van der Waals surface area contributed by atoms with Gasteiger partial charge in [-0.1, -0.05) is 18.2 Å². The zero-order valence-corrected chi connectivity index (χ0v) is 11.7. The standard InChI is InChI=1S/C13H17F2NO3S/c1-2-3-9-19-10-8-16-11-6-4-5-7-12(11)20(17,18)13(14)15/h2,4-7,13,16H,1,3,8-10H2. The molecule has 0 bridgehead atoms. The van der Waals surface area contributed by atoms with E-state index in [0.717, 1.165) is 12.5 Å². The Labute approximate surface area is 117 Å². The summed E-state index contributed by atoms with van der Waals surface area (Å²) in [5, 5.41) is 2.79. The Morgan fingerprint density at radius 1 is 1.30 bits per heavy atom. The summed E-state index contributed by atoms with van der Waals surface area (Å²) in [5.74, 6) is -3.44. The van der Waals surface area contributed by atoms with Crippen LogP contribution in [0.1, 0.15) is 6.42 Å². The van der Waals surface area contributed by atoms with E-state index in [1.54, 1.807) is 12.1 Å². The Morgan fingerprint density at radius 2 is 2.00 bits per heavy atom. The third kappa shape index (κ3) is 4.57. The normalized spacial score (nSPS) is 11.6. The molecule has 0 aromatic heterocycles. The smallest absolute Gasteiger partial charge is 0.341 e. The van der Waals surface area contributed by atoms with Gasteiger partial charge in [-0.25, -0.2) is 8.42 Å². The van der Waals surface area contributed by atoms with Crippen molar-refractivity contribution in [2.24, 2.45) is 0 Å². The maximum absolute atomic E-state index is 12.6. The Morgan fingerprint density at radius 3 is 2.65 bits per heavy atom. The van der Waals surface area contributed by atoms with Gasteiger partial charge in [0.1, 0.15) is 0 Å². The van der Waals surface area contributed by atoms with Gasteiger partial charge in [0.2, 0.25) is 9.84 Å². The van der Waals surface area contributed by atoms with Crippen molar-refractivity contribution in [3.63, 3.8) is 0 Å². The zero-order valence-electron chi connectivity index (χ0n) is 10.9. The molecule has 0 amide bonds. The van der Waals surface area contributed by atoms with E-state index in [4.69, 9.17) is 4.74 Å². The lowest BCUT2D eigenvalue weighted by atomic mass is 10.3. The lowest BCUT2D eigenvalue weighted by molar-refractivity contribution is 0.149. The average molecular weight is 305 g/mol. The summed E-state index contributed by atoms with van der Waals surface area (Å²) in [6.45, 7) is 4.73. The van der Waals surface area contributed by atoms with Crippen LogP contribution < -0.4 is 5.32 Å². The van der Waals surface area contributed by atoms with Crippen LogP contribution in [0.3, 0.4) is 0 Å². The van der Waals surface area contributed by atoms with Crippen molar-refractivity contribution in [2.45, 2.75) is 17.1 Å². The molecule has 0 aliphatic heterocycles. The molecule has 0 aliphatic rings. The molecule has 0 aliphatic carbocycles. The second-order valence-corrected chi connectivity index (χ2v) is 5.80. The number of alkyl halides is 2. The number of benzene rings is 1. The first-order valence-corrected chi connectivity index (χ1v) is 7.58. The summed E-state index contributed by atoms with van der Waals surface area (Å²) in [7, 11) is -4.61. The van der Waals surface area contributed by atoms with Crippen molar-refractivity contribution in [1.82, 2.24) is 0 Å². The molecule has 20 heavy (non-hydrogen) atoms. The molecule has 1 aromatic rings. The van der Waals surface area contributed by atoms with Crippen LogP contribution in [0.2, 0.25) is 0 Å². The maximum Gasteiger partial charge on any atom is 0.341 e. The van der Waals surface area contributed by atoms with E-state index in [9.17, 15) is 17.2 Å². The van der Waals surface area contributed by atoms with Crippen LogP contribution in [0, 0.1) is 0 Å². The molecular weight excluding hydrogens is 288 g/mol. The van der Waals surface area contributed by atoms with Gasteiger partial charge in [-0.15, -0.1) is 6.58 Å². The molecular formula is C13H17F2NO3S. The molecule has 7 heteroatoms. The van der Waals surface area contributed by atoms with Gasteiger partial charge in [-0.05, 0) is 18.6 Å². The molecule has 0 unspecified atom stereocenters. The number of ether oxygens (including phenoxy) is 1. The van der Waals surface area contributed by atoms with Crippen molar-refractivity contribution < 1.29 is 21.9 Å². The summed E-state index contributed by atoms with van der Waals surface area (Å²) >= 11 is 0. The highest BCUT2D eigenvalue weighted by molar-refractivity contribution is 7.91. The van der Waals surface area contributed by atoms with Crippen molar-refractivity contribution in [1.29, 1.82) is 0 Å². The van der Waals surface area contributed by atoms with Gasteiger partial charge < -0.3 is 10.1 Å². The number of sulfone groups is 1. The fourth-order valence-electron chi connectivity index (χ4n) is 1.48. The minimum atomic E-state index is -4.61. The molecule has 4 nitrogen and oxygen atoms in total. The van der Waals surface area contributed by atoms with Crippen molar-refractivity contribution in [3.05, 3.63) is 36.9 Å². The second-order valence-electron chi connectivity index (χ2n) is 3.92. The maximum atomic E-state index is 12.6. The van der Waals surface area contributed by atoms with Crippen LogP contribution in [0.15, 0.2) is 41.8 Å². The molecule has 0 radical (unpaired) electrons. The number of hydrogen-bond donors (Lipinski definition) is 1. The van der Waals surface area contributed by atoms with E-state index in [-0.39, 0.29) is 5.69 Å². The molecule has 112 valence electrons. The summed E-state index contributed by atoms with van der Waals surface area (Å²) in [4.78, 5) is -0.402. The van der Waals surface area contributed by atoms with Crippen LogP contribution in [-0.2, 0) is 14.6 Å². The molecule has 0 heterocycles. The van der Waals surface area contributed by atoms with E-state index < -0.39 is 20.5 Å². The lowest BCUT2D eigenvalue weighted by Gasteiger charge is -2.12. The fraction of sp³-hybridized carbons (Fsp3) is 0.385. The first-order chi connectivity index (χ1) is 9.50. The van der Waals surface area contributed by atoms with Crippen molar-refractivity contribution in [3.8, 4) is 0 Å². The summed E-state index contributed by atoms with van der Waals surface area (Å²) < 4.78 is 53.3. The molecule has 1 rings (SSSR count). The average Bonchev–Trinajstić information content (AvgIpc) is 2.43. The SMILES string of the molecule is C=CCCOCCNc1ccccc1S(=O)(=O)C(F)F. The number of para-hydroxylation sites is 1. The highest BCUT2D eigenvalue weighted by atomic mass is 32.2. The number of hydrogen-bond acceptors (Lipinski definition) is 4. The first kappa shape index (κ1) is 16.6. The van der Waals surface area contributed by atoms with Crippen molar-refractivity contribution in [2.75, 3.05) is 25.1 Å². The number of halogens is 2. The van der Waals surface area contributed by atoms with Crippen LogP contribution in [0.25, 0.3) is 0 Å². The van der Waals surface area contributed by atoms with E-state index >= 15 is 0 Å². The van der Waals surface area contributed by atoms with Gasteiger partial charge in [0, 0.05) is 6.54 Å². The Hall–Kier alpha value is -1.47. The summed E-state index contributed by atoms with van der Waals surface area (Å²) in [6, 6.07) is 5.58. The van der Waals surface area contributed by atoms with Gasteiger partial charge in [0.15, 0.2) is 0 Å². The zero-order chi connectivity index (χ0) is 15.0. The quantitative estimate of drug-likeness (QED) is 0.563. The van der Waals surface area contributed by atoms with Crippen LogP contribution >= 0.6 is 0 Å². The third-order valence-corrected chi connectivity index (χ3v) is 3.89. The Balaban J connectivity index is 2.65. The highest BCUT2D eigenvalue weighted by Crippen LogP contribution is 2.25. The fourth-order valence-corrected chi connectivity index (χ4v) is 2.39. The third-order valence-electron chi connectivity index (χ3n) is 2.46.